The first-order valence-corrected chi connectivity index (χ1v) is 8.32. The molecule has 9 heteroatoms. The second-order valence-electron chi connectivity index (χ2n) is 6.43. The molecule has 27 heavy (non-hydrogen) atoms. The molecule has 1 rings (SSSR count). The molecule has 2 N–H and O–H groups in total. The number of nitrogens with one attached hydrogen (secondary N) is 2. The SMILES string of the molecule is COc1cc(/C=C/C(=O)OCC(=O)NC(=O)NC(C)(C)C)cc(Cl)c1OC. The fourth-order valence-corrected chi connectivity index (χ4v) is 2.21. The van der Waals surface area contributed by atoms with Crippen LogP contribution in [0, 0.1) is 0 Å². The normalized spacial score (nSPS) is 11.0. The summed E-state index contributed by atoms with van der Waals surface area (Å²) >= 11 is 6.08. The predicted molar refractivity (Wildman–Crippen MR) is 101 cm³/mol. The number of hydrogen-bond donors (Lipinski definition) is 2. The van der Waals surface area contributed by atoms with Crippen molar-refractivity contribution in [2.24, 2.45) is 0 Å². The van der Waals surface area contributed by atoms with Crippen molar-refractivity contribution in [3.05, 3.63) is 28.8 Å². The molecule has 0 aliphatic rings. The number of carbonyl (C=O) groups is 3. The van der Waals surface area contributed by atoms with Gasteiger partial charge in [-0.1, -0.05) is 11.6 Å². The van der Waals surface area contributed by atoms with Crippen molar-refractivity contribution >= 4 is 35.6 Å². The molecule has 0 aliphatic carbocycles. The van der Waals surface area contributed by atoms with E-state index >= 15 is 0 Å². The van der Waals surface area contributed by atoms with Crippen LogP contribution in [0.5, 0.6) is 11.5 Å². The zero-order valence-corrected chi connectivity index (χ0v) is 16.6. The van der Waals surface area contributed by atoms with Crippen molar-refractivity contribution in [2.75, 3.05) is 20.8 Å². The maximum atomic E-state index is 11.7. The molecule has 0 spiro atoms. The van der Waals surface area contributed by atoms with Crippen LogP contribution in [0.2, 0.25) is 5.02 Å². The van der Waals surface area contributed by atoms with Crippen molar-refractivity contribution in [3.8, 4) is 11.5 Å². The van der Waals surface area contributed by atoms with E-state index in [4.69, 9.17) is 25.8 Å². The quantitative estimate of drug-likeness (QED) is 0.563. The average molecular weight is 399 g/mol. The minimum absolute atomic E-state index is 0.314. The van der Waals surface area contributed by atoms with Gasteiger partial charge < -0.3 is 19.5 Å². The third-order valence-corrected chi connectivity index (χ3v) is 3.24. The van der Waals surface area contributed by atoms with Gasteiger partial charge in [-0.05, 0) is 44.5 Å². The molecule has 0 atom stereocenters. The maximum Gasteiger partial charge on any atom is 0.331 e. The number of benzene rings is 1. The number of urea groups is 1. The lowest BCUT2D eigenvalue weighted by Crippen LogP contribution is -2.49. The summed E-state index contributed by atoms with van der Waals surface area (Å²) < 4.78 is 15.1. The zero-order valence-electron chi connectivity index (χ0n) is 15.8. The summed E-state index contributed by atoms with van der Waals surface area (Å²) in [5.41, 5.74) is 0.0772. The molecule has 0 radical (unpaired) electrons. The summed E-state index contributed by atoms with van der Waals surface area (Å²) in [6, 6.07) is 2.54. The van der Waals surface area contributed by atoms with Crippen LogP contribution in [0.4, 0.5) is 4.79 Å². The van der Waals surface area contributed by atoms with Crippen molar-refractivity contribution in [3.63, 3.8) is 0 Å². The van der Waals surface area contributed by atoms with Crippen LogP contribution in [-0.4, -0.2) is 44.3 Å². The highest BCUT2D eigenvalue weighted by atomic mass is 35.5. The number of esters is 1. The average Bonchev–Trinajstić information content (AvgIpc) is 2.55. The Kier molecular flexibility index (Phi) is 8.11. The van der Waals surface area contributed by atoms with Crippen molar-refractivity contribution in [1.29, 1.82) is 0 Å². The molecule has 1 aromatic rings. The lowest BCUT2D eigenvalue weighted by molar-refractivity contribution is -0.143. The fourth-order valence-electron chi connectivity index (χ4n) is 1.92. The Morgan fingerprint density at radius 3 is 2.37 bits per heavy atom. The van der Waals surface area contributed by atoms with Crippen molar-refractivity contribution in [1.82, 2.24) is 10.6 Å². The molecule has 0 saturated heterocycles. The van der Waals surface area contributed by atoms with Gasteiger partial charge in [-0.15, -0.1) is 0 Å². The van der Waals surface area contributed by atoms with Crippen LogP contribution in [0.15, 0.2) is 18.2 Å². The van der Waals surface area contributed by atoms with E-state index in [0.717, 1.165) is 6.08 Å². The van der Waals surface area contributed by atoms with E-state index in [-0.39, 0.29) is 0 Å². The first kappa shape index (κ1) is 22.3. The number of ether oxygens (including phenoxy) is 3. The van der Waals surface area contributed by atoms with Gasteiger partial charge in [0.1, 0.15) is 0 Å². The van der Waals surface area contributed by atoms with Gasteiger partial charge in [0.25, 0.3) is 5.91 Å². The second-order valence-corrected chi connectivity index (χ2v) is 6.84. The van der Waals surface area contributed by atoms with Crippen LogP contribution in [0.1, 0.15) is 26.3 Å². The van der Waals surface area contributed by atoms with E-state index in [2.05, 4.69) is 10.6 Å². The first-order valence-electron chi connectivity index (χ1n) is 7.94. The monoisotopic (exact) mass is 398 g/mol. The van der Waals surface area contributed by atoms with E-state index in [1.165, 1.54) is 20.3 Å². The minimum atomic E-state index is -0.757. The molecule has 0 unspecified atom stereocenters. The minimum Gasteiger partial charge on any atom is -0.493 e. The maximum absolute atomic E-state index is 11.7. The summed E-state index contributed by atoms with van der Waals surface area (Å²) in [6.45, 7) is 4.71. The number of rotatable bonds is 6. The highest BCUT2D eigenvalue weighted by Crippen LogP contribution is 2.36. The Balaban J connectivity index is 2.59. The molecule has 0 fully saturated rings. The number of methoxy groups -OCH3 is 2. The number of imide groups is 1. The lowest BCUT2D eigenvalue weighted by Gasteiger charge is -2.20. The van der Waals surface area contributed by atoms with Crippen LogP contribution < -0.4 is 20.1 Å². The fraction of sp³-hybridized carbons (Fsp3) is 0.389. The van der Waals surface area contributed by atoms with Gasteiger partial charge in [0, 0.05) is 11.6 Å². The van der Waals surface area contributed by atoms with E-state index < -0.39 is 30.1 Å². The predicted octanol–water partition coefficient (Wildman–Crippen LogP) is 2.54. The third kappa shape index (κ3) is 8.00. The summed E-state index contributed by atoms with van der Waals surface area (Å²) in [5.74, 6) is -0.716. The van der Waals surface area contributed by atoms with Crippen LogP contribution in [0.25, 0.3) is 6.08 Å². The number of hydrogen-bond acceptors (Lipinski definition) is 6. The molecule has 148 valence electrons. The van der Waals surface area contributed by atoms with Crippen molar-refractivity contribution in [2.45, 2.75) is 26.3 Å². The molecular weight excluding hydrogens is 376 g/mol. The first-order chi connectivity index (χ1) is 12.6. The van der Waals surface area contributed by atoms with E-state index in [9.17, 15) is 14.4 Å². The Morgan fingerprint density at radius 2 is 1.81 bits per heavy atom. The van der Waals surface area contributed by atoms with Gasteiger partial charge in [-0.3, -0.25) is 10.1 Å². The molecule has 0 aromatic heterocycles. The number of carbonyl (C=O) groups excluding carboxylic acids is 3. The molecule has 0 bridgehead atoms. The van der Waals surface area contributed by atoms with Crippen LogP contribution >= 0.6 is 11.6 Å². The van der Waals surface area contributed by atoms with Gasteiger partial charge in [0.05, 0.1) is 19.2 Å². The molecule has 8 nitrogen and oxygen atoms in total. The van der Waals surface area contributed by atoms with E-state index in [0.29, 0.717) is 22.1 Å². The Labute approximate surface area is 162 Å². The van der Waals surface area contributed by atoms with Crippen LogP contribution in [-0.2, 0) is 14.3 Å². The van der Waals surface area contributed by atoms with Gasteiger partial charge in [-0.2, -0.15) is 0 Å². The third-order valence-electron chi connectivity index (χ3n) is 2.95. The number of halogens is 1. The summed E-state index contributed by atoms with van der Waals surface area (Å²) in [4.78, 5) is 34.9. The van der Waals surface area contributed by atoms with Gasteiger partial charge in [0.15, 0.2) is 18.1 Å². The highest BCUT2D eigenvalue weighted by molar-refractivity contribution is 6.32. The zero-order chi connectivity index (χ0) is 20.6. The molecule has 0 saturated carbocycles. The van der Waals surface area contributed by atoms with Gasteiger partial charge >= 0.3 is 12.0 Å². The molecule has 0 aliphatic heterocycles. The Hall–Kier alpha value is -2.74. The topological polar surface area (TPSA) is 103 Å². The number of amides is 3. The summed E-state index contributed by atoms with van der Waals surface area (Å²) in [5, 5.41) is 4.93. The molecule has 3 amide bonds. The molecule has 1 aromatic carbocycles. The lowest BCUT2D eigenvalue weighted by atomic mass is 10.1. The Bertz CT molecular complexity index is 740. The molecular formula is C18H23ClN2O6. The van der Waals surface area contributed by atoms with Crippen molar-refractivity contribution < 1.29 is 28.6 Å². The van der Waals surface area contributed by atoms with E-state index in [1.54, 1.807) is 32.9 Å². The van der Waals surface area contributed by atoms with Crippen LogP contribution in [0.3, 0.4) is 0 Å². The highest BCUT2D eigenvalue weighted by Gasteiger charge is 2.16. The summed E-state index contributed by atoms with van der Waals surface area (Å²) in [6.07, 6.45) is 2.57. The molecule has 0 heterocycles. The van der Waals surface area contributed by atoms with Gasteiger partial charge in [-0.25, -0.2) is 9.59 Å². The standard InChI is InChI=1S/C18H23ClN2O6/c1-18(2,3)21-17(24)20-14(22)10-27-15(23)7-6-11-8-12(19)16(26-5)13(9-11)25-4/h6-9H,10H2,1-5H3,(H2,20,21,22,24)/b7-6+. The second kappa shape index (κ2) is 9.82. The largest absolute Gasteiger partial charge is 0.493 e. The summed E-state index contributed by atoms with van der Waals surface area (Å²) in [7, 11) is 2.92. The Morgan fingerprint density at radius 1 is 1.15 bits per heavy atom. The van der Waals surface area contributed by atoms with Gasteiger partial charge in [0.2, 0.25) is 0 Å². The van der Waals surface area contributed by atoms with E-state index in [1.807, 2.05) is 0 Å². The smallest absolute Gasteiger partial charge is 0.331 e.